The average Bonchev–Trinajstić information content (AvgIpc) is 2.77. The highest BCUT2D eigenvalue weighted by Gasteiger charge is 2.21. The number of hydrogen-bond donors (Lipinski definition) is 2. The summed E-state index contributed by atoms with van der Waals surface area (Å²) in [7, 11) is 1.46. The van der Waals surface area contributed by atoms with Crippen LogP contribution in [-0.4, -0.2) is 30.6 Å². The van der Waals surface area contributed by atoms with Gasteiger partial charge in [-0.15, -0.1) is 0 Å². The average molecular weight is 472 g/mol. The normalized spacial score (nSPS) is 12.0. The summed E-state index contributed by atoms with van der Waals surface area (Å²) in [5.74, 6) is -2.35. The summed E-state index contributed by atoms with van der Waals surface area (Å²) in [6.45, 7) is 1.66. The van der Waals surface area contributed by atoms with Gasteiger partial charge in [0, 0.05) is 12.6 Å². The summed E-state index contributed by atoms with van der Waals surface area (Å²) in [5, 5.41) is 12.4. The lowest BCUT2D eigenvalue weighted by atomic mass is 10.0. The number of anilines is 1. The number of nitrogens with one attached hydrogen (secondary N) is 1. The van der Waals surface area contributed by atoms with Crippen molar-refractivity contribution in [2.75, 3.05) is 5.32 Å². The molecule has 1 aromatic carbocycles. The molecule has 0 aliphatic rings. The highest BCUT2D eigenvalue weighted by Crippen LogP contribution is 2.29. The van der Waals surface area contributed by atoms with E-state index in [2.05, 4.69) is 20.3 Å². The van der Waals surface area contributed by atoms with Crippen molar-refractivity contribution in [3.05, 3.63) is 81.0 Å². The number of pyridine rings is 2. The first-order chi connectivity index (χ1) is 15.7. The Balaban J connectivity index is 1.88. The fourth-order valence-electron chi connectivity index (χ4n) is 3.46. The summed E-state index contributed by atoms with van der Waals surface area (Å²) in [5.41, 5.74) is 0.0743. The lowest BCUT2D eigenvalue weighted by Gasteiger charge is -2.19. The van der Waals surface area contributed by atoms with Crippen LogP contribution in [0, 0.1) is 11.6 Å². The molecule has 4 aromatic rings. The van der Waals surface area contributed by atoms with Gasteiger partial charge in [-0.3, -0.25) is 9.36 Å². The molecule has 168 valence electrons. The molecule has 0 bridgehead atoms. The number of carbonyl (C=O) groups is 1. The Labute approximate surface area is 190 Å². The van der Waals surface area contributed by atoms with Gasteiger partial charge in [0.15, 0.2) is 11.5 Å². The fourth-order valence-corrected chi connectivity index (χ4v) is 3.61. The van der Waals surface area contributed by atoms with Gasteiger partial charge >= 0.3 is 5.97 Å². The minimum Gasteiger partial charge on any atom is -0.476 e. The van der Waals surface area contributed by atoms with Gasteiger partial charge in [-0.05, 0) is 43.3 Å². The molecule has 4 rings (SSSR count). The summed E-state index contributed by atoms with van der Waals surface area (Å²) < 4.78 is 29.0. The number of halogens is 3. The molecule has 0 aliphatic heterocycles. The van der Waals surface area contributed by atoms with E-state index in [1.165, 1.54) is 41.9 Å². The maximum Gasteiger partial charge on any atom is 0.356 e. The van der Waals surface area contributed by atoms with Gasteiger partial charge in [-0.25, -0.2) is 28.5 Å². The zero-order valence-corrected chi connectivity index (χ0v) is 18.1. The molecular weight excluding hydrogens is 456 g/mol. The Morgan fingerprint density at radius 2 is 1.91 bits per heavy atom. The number of hydrogen-bond acceptors (Lipinski definition) is 6. The smallest absolute Gasteiger partial charge is 0.356 e. The van der Waals surface area contributed by atoms with Gasteiger partial charge in [0.25, 0.3) is 5.56 Å². The Hall–Kier alpha value is -3.92. The molecule has 3 heterocycles. The number of carboxylic acids is 1. The molecule has 0 saturated heterocycles. The standard InChI is InChI=1S/C22H16ClF2N5O3/c1-10(27-15-5-6-17(23)28-19(15)22(32)33)13-7-12(25)8-14-18(13)29-20(30(2)21(14)31)16-4-3-11(24)9-26-16/h3-10,27H,1-2H3,(H,32,33). The van der Waals surface area contributed by atoms with Gasteiger partial charge in [0.1, 0.15) is 22.5 Å². The fraction of sp³-hybridized carbons (Fsp3) is 0.136. The molecule has 0 radical (unpaired) electrons. The number of carboxylic acid groups (broad SMARTS) is 1. The monoisotopic (exact) mass is 471 g/mol. The Bertz CT molecular complexity index is 1460. The number of nitrogens with zero attached hydrogens (tertiary/aromatic N) is 4. The quantitative estimate of drug-likeness (QED) is 0.420. The third-order valence-electron chi connectivity index (χ3n) is 5.03. The van der Waals surface area contributed by atoms with E-state index >= 15 is 0 Å². The van der Waals surface area contributed by atoms with Crippen LogP contribution in [0.3, 0.4) is 0 Å². The zero-order chi connectivity index (χ0) is 23.9. The third-order valence-corrected chi connectivity index (χ3v) is 5.24. The maximum atomic E-state index is 14.5. The van der Waals surface area contributed by atoms with Crippen molar-refractivity contribution in [3.63, 3.8) is 0 Å². The first-order valence-electron chi connectivity index (χ1n) is 9.64. The van der Waals surface area contributed by atoms with Crippen LogP contribution in [0.1, 0.15) is 29.0 Å². The lowest BCUT2D eigenvalue weighted by Crippen LogP contribution is -2.22. The van der Waals surface area contributed by atoms with E-state index in [1.807, 2.05) is 0 Å². The Morgan fingerprint density at radius 3 is 2.58 bits per heavy atom. The van der Waals surface area contributed by atoms with Crippen LogP contribution in [0.4, 0.5) is 14.5 Å². The van der Waals surface area contributed by atoms with Gasteiger partial charge in [-0.2, -0.15) is 0 Å². The highest BCUT2D eigenvalue weighted by atomic mass is 35.5. The third kappa shape index (κ3) is 4.24. The predicted molar refractivity (Wildman–Crippen MR) is 118 cm³/mol. The van der Waals surface area contributed by atoms with Crippen molar-refractivity contribution in [1.82, 2.24) is 19.5 Å². The maximum absolute atomic E-state index is 14.5. The molecule has 0 spiro atoms. The molecule has 0 amide bonds. The van der Waals surface area contributed by atoms with Crippen molar-refractivity contribution in [1.29, 1.82) is 0 Å². The summed E-state index contributed by atoms with van der Waals surface area (Å²) in [4.78, 5) is 36.9. The van der Waals surface area contributed by atoms with Gasteiger partial charge in [0.2, 0.25) is 0 Å². The van der Waals surface area contributed by atoms with Gasteiger partial charge < -0.3 is 10.4 Å². The summed E-state index contributed by atoms with van der Waals surface area (Å²) in [6.07, 6.45) is 1.00. The second kappa shape index (κ2) is 8.55. The number of fused-ring (bicyclic) bond motifs is 1. The minimum absolute atomic E-state index is 0.00316. The first kappa shape index (κ1) is 22.3. The molecular formula is C22H16ClF2N5O3. The largest absolute Gasteiger partial charge is 0.476 e. The van der Waals surface area contributed by atoms with Crippen LogP contribution in [0.2, 0.25) is 5.15 Å². The molecule has 33 heavy (non-hydrogen) atoms. The number of rotatable bonds is 5. The van der Waals surface area contributed by atoms with E-state index < -0.39 is 29.2 Å². The summed E-state index contributed by atoms with van der Waals surface area (Å²) >= 11 is 5.80. The van der Waals surface area contributed by atoms with E-state index in [-0.39, 0.29) is 39.0 Å². The number of aromatic nitrogens is 4. The van der Waals surface area contributed by atoms with Crippen LogP contribution in [0.15, 0.2) is 47.4 Å². The zero-order valence-electron chi connectivity index (χ0n) is 17.3. The second-order valence-electron chi connectivity index (χ2n) is 7.25. The first-order valence-corrected chi connectivity index (χ1v) is 10.0. The van der Waals surface area contributed by atoms with Crippen molar-refractivity contribution < 1.29 is 18.7 Å². The molecule has 3 aromatic heterocycles. The van der Waals surface area contributed by atoms with Crippen LogP contribution < -0.4 is 10.9 Å². The molecule has 0 fully saturated rings. The summed E-state index contributed by atoms with van der Waals surface area (Å²) in [6, 6.07) is 7.03. The SMILES string of the molecule is CC(Nc1ccc(Cl)nc1C(=O)O)c1cc(F)cc2c(=O)n(C)c(-c3ccc(F)cn3)nc12. The molecule has 8 nitrogen and oxygen atoms in total. The molecule has 0 aliphatic carbocycles. The second-order valence-corrected chi connectivity index (χ2v) is 7.64. The van der Waals surface area contributed by atoms with Crippen molar-refractivity contribution in [2.45, 2.75) is 13.0 Å². The van der Waals surface area contributed by atoms with Crippen LogP contribution in [0.5, 0.6) is 0 Å². The number of aromatic carboxylic acids is 1. The highest BCUT2D eigenvalue weighted by molar-refractivity contribution is 6.29. The van der Waals surface area contributed by atoms with E-state index in [0.717, 1.165) is 12.3 Å². The van der Waals surface area contributed by atoms with Crippen LogP contribution in [0.25, 0.3) is 22.4 Å². The van der Waals surface area contributed by atoms with Crippen molar-refractivity contribution >= 4 is 34.2 Å². The lowest BCUT2D eigenvalue weighted by molar-refractivity contribution is 0.0691. The van der Waals surface area contributed by atoms with Gasteiger partial charge in [0.05, 0.1) is 28.8 Å². The molecule has 1 atom stereocenters. The van der Waals surface area contributed by atoms with Gasteiger partial charge in [-0.1, -0.05) is 11.6 Å². The topological polar surface area (TPSA) is 110 Å². The van der Waals surface area contributed by atoms with E-state index in [9.17, 15) is 23.5 Å². The molecule has 0 saturated carbocycles. The van der Waals surface area contributed by atoms with Crippen LogP contribution in [-0.2, 0) is 7.05 Å². The van der Waals surface area contributed by atoms with E-state index in [4.69, 9.17) is 11.6 Å². The van der Waals surface area contributed by atoms with Crippen molar-refractivity contribution in [3.8, 4) is 11.5 Å². The molecule has 11 heteroatoms. The molecule has 1 unspecified atom stereocenters. The molecule has 2 N–H and O–H groups in total. The predicted octanol–water partition coefficient (Wildman–Crippen LogP) is 4.19. The van der Waals surface area contributed by atoms with E-state index in [0.29, 0.717) is 5.56 Å². The van der Waals surface area contributed by atoms with Crippen LogP contribution >= 0.6 is 11.6 Å². The van der Waals surface area contributed by atoms with Crippen molar-refractivity contribution in [2.24, 2.45) is 7.05 Å². The Kier molecular flexibility index (Phi) is 5.77. The van der Waals surface area contributed by atoms with E-state index in [1.54, 1.807) is 6.92 Å². The Morgan fingerprint density at radius 1 is 1.15 bits per heavy atom. The number of benzene rings is 1. The minimum atomic E-state index is -1.30.